The van der Waals surface area contributed by atoms with Crippen LogP contribution >= 0.6 is 23.2 Å². The first-order valence-electron chi connectivity index (χ1n) is 10.5. The normalized spacial score (nSPS) is 21.8. The van der Waals surface area contributed by atoms with Crippen LogP contribution in [0.3, 0.4) is 0 Å². The van der Waals surface area contributed by atoms with Gasteiger partial charge in [0.1, 0.15) is 0 Å². The highest BCUT2D eigenvalue weighted by Gasteiger charge is 2.38. The smallest absolute Gasteiger partial charge is 0.227 e. The lowest BCUT2D eigenvalue weighted by atomic mass is 9.81. The monoisotopic (exact) mass is 430 g/mol. The molecule has 154 valence electrons. The fraction of sp³-hybridized carbons (Fsp3) is 0.458. The predicted molar refractivity (Wildman–Crippen MR) is 120 cm³/mol. The van der Waals surface area contributed by atoms with Crippen molar-refractivity contribution in [2.75, 3.05) is 20.1 Å². The molecule has 0 spiro atoms. The molecule has 5 heteroatoms. The number of nitrogens with zero attached hydrogens (tertiary/aromatic N) is 2. The van der Waals surface area contributed by atoms with Crippen LogP contribution in [0.25, 0.3) is 0 Å². The molecule has 1 saturated heterocycles. The molecule has 0 N–H and O–H groups in total. The molecule has 1 aliphatic carbocycles. The summed E-state index contributed by atoms with van der Waals surface area (Å²) >= 11 is 12.2. The molecule has 3 nitrogen and oxygen atoms in total. The number of likely N-dealkylation sites (tertiary alicyclic amines) is 1. The van der Waals surface area contributed by atoms with Gasteiger partial charge in [-0.3, -0.25) is 9.69 Å². The third-order valence-electron chi connectivity index (χ3n) is 6.45. The molecule has 1 fully saturated rings. The summed E-state index contributed by atoms with van der Waals surface area (Å²) in [6, 6.07) is 12.6. The van der Waals surface area contributed by atoms with Crippen LogP contribution in [0.15, 0.2) is 36.4 Å². The Morgan fingerprint density at radius 1 is 1.10 bits per heavy atom. The summed E-state index contributed by atoms with van der Waals surface area (Å²) in [6.45, 7) is 4.41. The number of fused-ring (bicyclic) bond motifs is 1. The Balaban J connectivity index is 1.62. The van der Waals surface area contributed by atoms with E-state index in [1.807, 2.05) is 18.0 Å². The largest absolute Gasteiger partial charge is 0.337 e. The fourth-order valence-corrected chi connectivity index (χ4v) is 5.26. The van der Waals surface area contributed by atoms with E-state index in [9.17, 15) is 4.79 Å². The maximum atomic E-state index is 13.3. The minimum absolute atomic E-state index is 0.0905. The van der Waals surface area contributed by atoms with E-state index in [1.165, 1.54) is 29.5 Å². The molecular weight excluding hydrogens is 403 g/mol. The number of aryl methyl sites for hydroxylation is 2. The molecule has 0 radical (unpaired) electrons. The summed E-state index contributed by atoms with van der Waals surface area (Å²) in [5.41, 5.74) is 4.88. The van der Waals surface area contributed by atoms with Crippen molar-refractivity contribution in [2.24, 2.45) is 0 Å². The first kappa shape index (κ1) is 20.7. The highest BCUT2D eigenvalue weighted by atomic mass is 35.5. The number of amides is 1. The highest BCUT2D eigenvalue weighted by Crippen LogP contribution is 2.38. The van der Waals surface area contributed by atoms with Crippen LogP contribution in [0.5, 0.6) is 0 Å². The van der Waals surface area contributed by atoms with Crippen LogP contribution < -0.4 is 0 Å². The number of carbonyl (C=O) groups excluding carboxylic acids is 1. The average Bonchev–Trinajstić information content (AvgIpc) is 3.24. The SMILES string of the molecule is Cc1ccc2c(c1)CC[C@H](N1CCCC1)[C@H]2N(C)C(=O)Cc1ccc(Cl)c(Cl)c1. The van der Waals surface area contributed by atoms with E-state index in [0.717, 1.165) is 31.5 Å². The molecule has 1 amide bonds. The molecule has 2 aromatic rings. The van der Waals surface area contributed by atoms with E-state index in [-0.39, 0.29) is 11.9 Å². The molecule has 29 heavy (non-hydrogen) atoms. The zero-order chi connectivity index (χ0) is 20.5. The van der Waals surface area contributed by atoms with Crippen molar-refractivity contribution in [2.45, 2.75) is 51.1 Å². The van der Waals surface area contributed by atoms with Crippen molar-refractivity contribution in [1.82, 2.24) is 9.80 Å². The maximum Gasteiger partial charge on any atom is 0.227 e. The second-order valence-corrected chi connectivity index (χ2v) is 9.24. The van der Waals surface area contributed by atoms with Gasteiger partial charge in [0.05, 0.1) is 22.5 Å². The third-order valence-corrected chi connectivity index (χ3v) is 7.19. The van der Waals surface area contributed by atoms with Crippen molar-refractivity contribution in [3.63, 3.8) is 0 Å². The number of likely N-dealkylation sites (N-methyl/N-ethyl adjacent to an activating group) is 1. The van der Waals surface area contributed by atoms with Crippen molar-refractivity contribution in [3.8, 4) is 0 Å². The minimum Gasteiger partial charge on any atom is -0.337 e. The van der Waals surface area contributed by atoms with Crippen LogP contribution in [0.1, 0.15) is 47.6 Å². The van der Waals surface area contributed by atoms with Gasteiger partial charge in [-0.15, -0.1) is 0 Å². The Morgan fingerprint density at radius 2 is 1.86 bits per heavy atom. The molecule has 2 aromatic carbocycles. The number of carbonyl (C=O) groups is 1. The summed E-state index contributed by atoms with van der Waals surface area (Å²) < 4.78 is 0. The Labute approximate surface area is 183 Å². The van der Waals surface area contributed by atoms with E-state index < -0.39 is 0 Å². The van der Waals surface area contributed by atoms with Gasteiger partial charge >= 0.3 is 0 Å². The Kier molecular flexibility index (Phi) is 6.19. The predicted octanol–water partition coefficient (Wildman–Crippen LogP) is 5.45. The van der Waals surface area contributed by atoms with E-state index in [2.05, 4.69) is 30.0 Å². The molecular formula is C24H28Cl2N2O. The zero-order valence-electron chi connectivity index (χ0n) is 17.1. The van der Waals surface area contributed by atoms with Crippen molar-refractivity contribution in [3.05, 3.63) is 68.7 Å². The first-order chi connectivity index (χ1) is 13.9. The summed E-state index contributed by atoms with van der Waals surface area (Å²) in [7, 11) is 1.96. The average molecular weight is 431 g/mol. The number of halogens is 2. The lowest BCUT2D eigenvalue weighted by Gasteiger charge is -2.43. The van der Waals surface area contributed by atoms with Gasteiger partial charge < -0.3 is 4.90 Å². The van der Waals surface area contributed by atoms with Gasteiger partial charge in [-0.05, 0) is 74.5 Å². The lowest BCUT2D eigenvalue weighted by molar-refractivity contribution is -0.133. The topological polar surface area (TPSA) is 23.6 Å². The van der Waals surface area contributed by atoms with E-state index in [0.29, 0.717) is 22.5 Å². The fourth-order valence-electron chi connectivity index (χ4n) is 4.93. The van der Waals surface area contributed by atoms with Gasteiger partial charge in [0.15, 0.2) is 0 Å². The molecule has 4 rings (SSSR count). The van der Waals surface area contributed by atoms with Crippen molar-refractivity contribution in [1.29, 1.82) is 0 Å². The molecule has 2 atom stereocenters. The molecule has 1 aliphatic heterocycles. The molecule has 0 unspecified atom stereocenters. The van der Waals surface area contributed by atoms with Gasteiger partial charge in [0, 0.05) is 13.1 Å². The summed E-state index contributed by atoms with van der Waals surface area (Å²) in [4.78, 5) is 17.8. The molecule has 0 saturated carbocycles. The van der Waals surface area contributed by atoms with Crippen LogP contribution in [0.4, 0.5) is 0 Å². The van der Waals surface area contributed by atoms with Gasteiger partial charge in [0.25, 0.3) is 0 Å². The van der Waals surface area contributed by atoms with Gasteiger partial charge in [0.2, 0.25) is 5.91 Å². The van der Waals surface area contributed by atoms with Crippen LogP contribution in [0.2, 0.25) is 10.0 Å². The Hall–Kier alpha value is -1.55. The summed E-state index contributed by atoms with van der Waals surface area (Å²) in [5, 5.41) is 1.01. The van der Waals surface area contributed by atoms with E-state index >= 15 is 0 Å². The Morgan fingerprint density at radius 3 is 2.59 bits per heavy atom. The molecule has 1 heterocycles. The highest BCUT2D eigenvalue weighted by molar-refractivity contribution is 6.42. The molecule has 2 aliphatic rings. The maximum absolute atomic E-state index is 13.3. The Bertz CT molecular complexity index is 908. The summed E-state index contributed by atoms with van der Waals surface area (Å²) in [6.07, 6.45) is 5.03. The van der Waals surface area contributed by atoms with Gasteiger partial charge in [-0.2, -0.15) is 0 Å². The first-order valence-corrected chi connectivity index (χ1v) is 11.2. The lowest BCUT2D eigenvalue weighted by Crippen LogP contribution is -2.48. The van der Waals surface area contributed by atoms with Crippen LogP contribution in [-0.2, 0) is 17.6 Å². The molecule has 0 aromatic heterocycles. The van der Waals surface area contributed by atoms with E-state index in [1.54, 1.807) is 12.1 Å². The standard InChI is InChI=1S/C24H28Cl2N2O/c1-16-5-8-19-18(13-16)7-10-22(28-11-3-4-12-28)24(19)27(2)23(29)15-17-6-9-20(25)21(26)14-17/h5-6,8-9,13-14,22,24H,3-4,7,10-12,15H2,1-2H3/t22-,24-/m0/s1. The van der Waals surface area contributed by atoms with Crippen molar-refractivity contribution >= 4 is 29.1 Å². The van der Waals surface area contributed by atoms with Crippen LogP contribution in [0, 0.1) is 6.92 Å². The van der Waals surface area contributed by atoms with Gasteiger partial charge in [-0.1, -0.05) is 53.0 Å². The zero-order valence-corrected chi connectivity index (χ0v) is 18.6. The van der Waals surface area contributed by atoms with Crippen LogP contribution in [-0.4, -0.2) is 41.9 Å². The number of benzene rings is 2. The van der Waals surface area contributed by atoms with E-state index in [4.69, 9.17) is 23.2 Å². The number of rotatable bonds is 4. The second-order valence-electron chi connectivity index (χ2n) is 8.43. The van der Waals surface area contributed by atoms with Crippen molar-refractivity contribution < 1.29 is 4.79 Å². The number of hydrogen-bond acceptors (Lipinski definition) is 2. The number of hydrogen-bond donors (Lipinski definition) is 0. The molecule has 0 bridgehead atoms. The minimum atomic E-state index is 0.0905. The third kappa shape index (κ3) is 4.33. The second kappa shape index (κ2) is 8.67. The quantitative estimate of drug-likeness (QED) is 0.642. The summed E-state index contributed by atoms with van der Waals surface area (Å²) in [5.74, 6) is 0.117. The van der Waals surface area contributed by atoms with Gasteiger partial charge in [-0.25, -0.2) is 0 Å².